The van der Waals surface area contributed by atoms with Gasteiger partial charge in [-0.2, -0.15) is 0 Å². The second kappa shape index (κ2) is 11.5. The summed E-state index contributed by atoms with van der Waals surface area (Å²) in [5.74, 6) is 0.102. The molecule has 0 aliphatic heterocycles. The molecule has 1 aromatic heterocycles. The molecule has 2 heteroatoms. The van der Waals surface area contributed by atoms with Crippen LogP contribution in [0.25, 0.3) is 55.9 Å². The maximum absolute atomic E-state index is 13.6. The highest BCUT2D eigenvalue weighted by atomic mass is 16.1. The number of nitrogens with zero attached hydrogens (tertiary/aromatic N) is 1. The third-order valence-electron chi connectivity index (χ3n) is 9.49. The van der Waals surface area contributed by atoms with Gasteiger partial charge in [0.05, 0.1) is 11.4 Å². The van der Waals surface area contributed by atoms with E-state index in [4.69, 9.17) is 4.98 Å². The van der Waals surface area contributed by atoms with Gasteiger partial charge in [0.1, 0.15) is 0 Å². The number of hydrogen-bond acceptors (Lipinski definition) is 2. The molecule has 1 heterocycles. The van der Waals surface area contributed by atoms with Crippen LogP contribution in [0.15, 0.2) is 164 Å². The maximum Gasteiger partial charge on any atom is 0.193 e. The van der Waals surface area contributed by atoms with Gasteiger partial charge >= 0.3 is 0 Å². The van der Waals surface area contributed by atoms with Gasteiger partial charge in [-0.15, -0.1) is 0 Å². The lowest BCUT2D eigenvalue weighted by Gasteiger charge is -2.34. The molecule has 8 rings (SSSR count). The summed E-state index contributed by atoms with van der Waals surface area (Å²) in [6, 6.07) is 56.8. The minimum Gasteiger partial charge on any atom is -0.289 e. The smallest absolute Gasteiger partial charge is 0.193 e. The van der Waals surface area contributed by atoms with E-state index in [1.165, 1.54) is 0 Å². The Bertz CT molecular complexity index is 2210. The molecule has 6 aromatic carbocycles. The molecule has 0 fully saturated rings. The van der Waals surface area contributed by atoms with Crippen molar-refractivity contribution in [2.24, 2.45) is 0 Å². The predicted molar refractivity (Wildman–Crippen MR) is 193 cm³/mol. The van der Waals surface area contributed by atoms with Gasteiger partial charge in [0.2, 0.25) is 0 Å². The van der Waals surface area contributed by atoms with E-state index in [9.17, 15) is 4.79 Å². The summed E-state index contributed by atoms with van der Waals surface area (Å²) < 4.78 is 0. The normalized spacial score (nSPS) is 13.1. The van der Waals surface area contributed by atoms with Crippen molar-refractivity contribution < 1.29 is 4.79 Å². The molecule has 0 atom stereocenters. The van der Waals surface area contributed by atoms with Gasteiger partial charge in [-0.05, 0) is 68.8 Å². The number of rotatable bonds is 5. The second-order valence-corrected chi connectivity index (χ2v) is 12.8. The van der Waals surface area contributed by atoms with Crippen LogP contribution in [0.1, 0.15) is 40.9 Å². The Balaban J connectivity index is 1.13. The highest BCUT2D eigenvalue weighted by molar-refractivity contribution is 6.13. The third-order valence-corrected chi connectivity index (χ3v) is 9.49. The summed E-state index contributed by atoms with van der Waals surface area (Å²) in [7, 11) is 0. The number of fused-ring (bicyclic) bond motifs is 2. The molecule has 47 heavy (non-hydrogen) atoms. The molecule has 0 amide bonds. The standard InChI is InChI=1S/C45H33NO/c1-45(2)40-19-10-9-18-38(40)44(47)39-27-35(24-25-41(39)45)32-22-20-31(21-23-32)34-16-11-17-36(26-34)43-29-37(30-12-5-3-6-13-30)28-42(46-43)33-14-7-4-8-15-33/h3-29H,1-2H3. The van der Waals surface area contributed by atoms with Crippen LogP contribution in [0.4, 0.5) is 0 Å². The Morgan fingerprint density at radius 1 is 0.383 bits per heavy atom. The van der Waals surface area contributed by atoms with Crippen molar-refractivity contribution in [3.63, 3.8) is 0 Å². The Hall–Kier alpha value is -5.86. The van der Waals surface area contributed by atoms with Crippen molar-refractivity contribution in [3.8, 4) is 55.9 Å². The second-order valence-electron chi connectivity index (χ2n) is 12.8. The van der Waals surface area contributed by atoms with E-state index in [0.29, 0.717) is 0 Å². The molecule has 0 spiro atoms. The fourth-order valence-electron chi connectivity index (χ4n) is 6.92. The van der Waals surface area contributed by atoms with Crippen LogP contribution in [-0.4, -0.2) is 10.8 Å². The zero-order valence-electron chi connectivity index (χ0n) is 26.4. The fourth-order valence-corrected chi connectivity index (χ4v) is 6.92. The predicted octanol–water partition coefficient (Wildman–Crippen LogP) is 11.3. The van der Waals surface area contributed by atoms with Gasteiger partial charge in [0.15, 0.2) is 5.78 Å². The lowest BCUT2D eigenvalue weighted by atomic mass is 9.68. The zero-order valence-corrected chi connectivity index (χ0v) is 26.4. The van der Waals surface area contributed by atoms with Crippen molar-refractivity contribution in [3.05, 3.63) is 186 Å². The van der Waals surface area contributed by atoms with E-state index in [0.717, 1.165) is 78.1 Å². The average molecular weight is 604 g/mol. The average Bonchev–Trinajstić information content (AvgIpc) is 3.14. The first kappa shape index (κ1) is 28.6. The molecule has 0 radical (unpaired) electrons. The number of carbonyl (C=O) groups excluding carboxylic acids is 1. The topological polar surface area (TPSA) is 30.0 Å². The molecule has 1 aliphatic carbocycles. The summed E-state index contributed by atoms with van der Waals surface area (Å²) in [5, 5.41) is 0. The number of aromatic nitrogens is 1. The Morgan fingerprint density at radius 3 is 1.57 bits per heavy atom. The van der Waals surface area contributed by atoms with Gasteiger partial charge in [-0.25, -0.2) is 4.98 Å². The van der Waals surface area contributed by atoms with Crippen molar-refractivity contribution in [1.29, 1.82) is 0 Å². The van der Waals surface area contributed by atoms with E-state index in [2.05, 4.69) is 147 Å². The first-order valence-corrected chi connectivity index (χ1v) is 16.1. The van der Waals surface area contributed by atoms with Gasteiger partial charge in [0, 0.05) is 27.7 Å². The summed E-state index contributed by atoms with van der Waals surface area (Å²) in [5.41, 5.74) is 14.3. The number of benzene rings is 6. The van der Waals surface area contributed by atoms with Gasteiger partial charge in [0.25, 0.3) is 0 Å². The number of hydrogen-bond donors (Lipinski definition) is 0. The van der Waals surface area contributed by atoms with Crippen LogP contribution >= 0.6 is 0 Å². The number of pyridine rings is 1. The van der Waals surface area contributed by atoms with Crippen molar-refractivity contribution in [2.75, 3.05) is 0 Å². The fraction of sp³-hybridized carbons (Fsp3) is 0.0667. The summed E-state index contributed by atoms with van der Waals surface area (Å²) in [4.78, 5) is 18.7. The van der Waals surface area contributed by atoms with Crippen LogP contribution in [0, 0.1) is 0 Å². The highest BCUT2D eigenvalue weighted by Crippen LogP contribution is 2.42. The SMILES string of the molecule is CC1(C)c2ccccc2C(=O)c2cc(-c3ccc(-c4cccc(-c5cc(-c6ccccc6)cc(-c6ccccc6)n5)c4)cc3)ccc21. The van der Waals surface area contributed by atoms with Crippen LogP contribution < -0.4 is 0 Å². The monoisotopic (exact) mass is 603 g/mol. The molecule has 7 aromatic rings. The highest BCUT2D eigenvalue weighted by Gasteiger charge is 2.36. The van der Waals surface area contributed by atoms with E-state index in [1.807, 2.05) is 30.3 Å². The molecule has 0 saturated carbocycles. The molecule has 0 unspecified atom stereocenters. The number of carbonyl (C=O) groups is 1. The largest absolute Gasteiger partial charge is 0.289 e. The number of ketones is 1. The minimum absolute atomic E-state index is 0.102. The van der Waals surface area contributed by atoms with Crippen LogP contribution in [0.2, 0.25) is 0 Å². The molecule has 2 nitrogen and oxygen atoms in total. The van der Waals surface area contributed by atoms with E-state index in [1.54, 1.807) is 0 Å². The molecular formula is C45H33NO. The Morgan fingerprint density at radius 2 is 0.872 bits per heavy atom. The quantitative estimate of drug-likeness (QED) is 0.196. The van der Waals surface area contributed by atoms with E-state index >= 15 is 0 Å². The molecule has 1 aliphatic rings. The van der Waals surface area contributed by atoms with Crippen molar-refractivity contribution in [1.82, 2.24) is 4.98 Å². The summed E-state index contributed by atoms with van der Waals surface area (Å²) in [6.07, 6.45) is 0. The lowest BCUT2D eigenvalue weighted by Crippen LogP contribution is -2.30. The molecule has 224 valence electrons. The molecule has 0 N–H and O–H groups in total. The van der Waals surface area contributed by atoms with Gasteiger partial charge in [-0.3, -0.25) is 4.79 Å². The third kappa shape index (κ3) is 5.18. The lowest BCUT2D eigenvalue weighted by molar-refractivity contribution is 0.103. The maximum atomic E-state index is 13.6. The van der Waals surface area contributed by atoms with Crippen molar-refractivity contribution >= 4 is 5.78 Å². The zero-order chi connectivity index (χ0) is 32.0. The van der Waals surface area contributed by atoms with Crippen LogP contribution in [0.3, 0.4) is 0 Å². The Kier molecular flexibility index (Phi) is 7.00. The van der Waals surface area contributed by atoms with Crippen LogP contribution in [0.5, 0.6) is 0 Å². The summed E-state index contributed by atoms with van der Waals surface area (Å²) >= 11 is 0. The molecule has 0 bridgehead atoms. The van der Waals surface area contributed by atoms with Crippen molar-refractivity contribution in [2.45, 2.75) is 19.3 Å². The molecular weight excluding hydrogens is 571 g/mol. The molecule has 0 saturated heterocycles. The van der Waals surface area contributed by atoms with E-state index < -0.39 is 0 Å². The minimum atomic E-state index is -0.232. The van der Waals surface area contributed by atoms with Gasteiger partial charge in [-0.1, -0.05) is 153 Å². The van der Waals surface area contributed by atoms with E-state index in [-0.39, 0.29) is 11.2 Å². The Labute approximate surface area is 276 Å². The first-order chi connectivity index (χ1) is 23.0. The first-order valence-electron chi connectivity index (χ1n) is 16.1. The summed E-state index contributed by atoms with van der Waals surface area (Å²) in [6.45, 7) is 4.41. The van der Waals surface area contributed by atoms with Gasteiger partial charge < -0.3 is 0 Å². The van der Waals surface area contributed by atoms with Crippen LogP contribution in [-0.2, 0) is 5.41 Å².